The van der Waals surface area contributed by atoms with Crippen LogP contribution in [0.5, 0.6) is 0 Å². The van der Waals surface area contributed by atoms with E-state index in [0.29, 0.717) is 5.88 Å². The van der Waals surface area contributed by atoms with Crippen molar-refractivity contribution < 1.29 is 20.9 Å². The summed E-state index contributed by atoms with van der Waals surface area (Å²) in [6, 6.07) is -0.542. The van der Waals surface area contributed by atoms with Gasteiger partial charge in [-0.2, -0.15) is 0 Å². The Morgan fingerprint density at radius 2 is 2.18 bits per heavy atom. The second-order valence-electron chi connectivity index (χ2n) is 1.45. The number of carbonyl (C=O) groups is 1. The second-order valence-corrected chi connectivity index (χ2v) is 2.34. The Morgan fingerprint density at radius 1 is 1.64 bits per heavy atom. The third kappa shape index (κ3) is 6.03. The molecule has 0 aromatic carbocycles. The van der Waals surface area contributed by atoms with Gasteiger partial charge >= 0.3 is 37.7 Å². The van der Waals surface area contributed by atoms with Crippen LogP contribution < -0.4 is 10.4 Å². The summed E-state index contributed by atoms with van der Waals surface area (Å²) >= 11 is 1.45. The molecule has 0 aromatic rings. The van der Waals surface area contributed by atoms with Crippen LogP contribution in [-0.4, -0.2) is 66.6 Å². The summed E-state index contributed by atoms with van der Waals surface area (Å²) in [4.78, 5) is 9.98. The summed E-state index contributed by atoms with van der Waals surface area (Å²) in [5, 5.41) is 12.7. The van der Waals surface area contributed by atoms with Gasteiger partial charge in [0, 0.05) is 0 Å². The summed E-state index contributed by atoms with van der Waals surface area (Å²) in [5.74, 6) is 1.25. The molecular formula is C4H7CaNO4S. The Kier molecular flexibility index (Phi) is 14.4. The van der Waals surface area contributed by atoms with Crippen LogP contribution in [0.4, 0.5) is 0 Å². The van der Waals surface area contributed by atoms with Crippen molar-refractivity contribution in [1.29, 1.82) is 0 Å². The smallest absolute Gasteiger partial charge is 0.870 e. The van der Waals surface area contributed by atoms with E-state index in [-0.39, 0.29) is 48.7 Å². The molecule has 1 fully saturated rings. The molecule has 0 aliphatic carbocycles. The number of carbonyl (C=O) groups excluding carboxylic acids is 1. The van der Waals surface area contributed by atoms with Crippen LogP contribution in [0.15, 0.2) is 0 Å². The molecule has 0 radical (unpaired) electrons. The van der Waals surface area contributed by atoms with Crippen LogP contribution in [-0.2, 0) is 4.79 Å². The molecule has 1 saturated heterocycles. The van der Waals surface area contributed by atoms with Crippen LogP contribution >= 0.6 is 11.8 Å². The van der Waals surface area contributed by atoms with E-state index < -0.39 is 12.0 Å². The number of aliphatic carboxylic acids is 1. The van der Waals surface area contributed by atoms with Crippen molar-refractivity contribution in [2.45, 2.75) is 6.04 Å². The average molecular weight is 205 g/mol. The Labute approximate surface area is 98.5 Å². The largest absolute Gasteiger partial charge is 2.00 e. The number of carboxylic acid groups (broad SMARTS) is 1. The van der Waals surface area contributed by atoms with E-state index in [1.165, 1.54) is 11.8 Å². The number of carboxylic acids is 1. The van der Waals surface area contributed by atoms with E-state index in [9.17, 15) is 9.90 Å². The molecular weight excluding hydrogens is 198 g/mol. The third-order valence-corrected chi connectivity index (χ3v) is 1.67. The van der Waals surface area contributed by atoms with Crippen LogP contribution in [0.1, 0.15) is 0 Å². The molecule has 3 N–H and O–H groups in total. The van der Waals surface area contributed by atoms with Crippen molar-refractivity contribution in [3.63, 3.8) is 0 Å². The number of thioether (sulfide) groups is 1. The van der Waals surface area contributed by atoms with Gasteiger partial charge in [-0.3, -0.25) is 5.32 Å². The Bertz CT molecular complexity index is 108. The topological polar surface area (TPSA) is 112 Å². The fourth-order valence-electron chi connectivity index (χ4n) is 0.469. The summed E-state index contributed by atoms with van der Waals surface area (Å²) in [6.07, 6.45) is 0. The first kappa shape index (κ1) is 17.8. The van der Waals surface area contributed by atoms with E-state index in [4.69, 9.17) is 0 Å². The molecule has 7 heteroatoms. The second kappa shape index (κ2) is 8.92. The van der Waals surface area contributed by atoms with Crippen molar-refractivity contribution in [3.05, 3.63) is 5.75 Å². The van der Waals surface area contributed by atoms with Crippen LogP contribution in [0.25, 0.3) is 0 Å². The molecule has 0 amide bonds. The third-order valence-electron chi connectivity index (χ3n) is 0.873. The zero-order chi connectivity index (χ0) is 5.98. The predicted octanol–water partition coefficient (Wildman–Crippen LogP) is -2.17. The van der Waals surface area contributed by atoms with Gasteiger partial charge in [-0.25, -0.2) is 0 Å². The first-order chi connectivity index (χ1) is 3.80. The maximum Gasteiger partial charge on any atom is 2.00 e. The minimum Gasteiger partial charge on any atom is -0.870 e. The first-order valence-corrected chi connectivity index (χ1v) is 3.25. The fraction of sp³-hybridized carbons (Fsp3) is 0.500. The molecule has 1 aliphatic rings. The SMILES string of the molecule is O=C([O-])C1[CH+]SCN1.[Ca+2].[OH-].[OH-]. The van der Waals surface area contributed by atoms with Gasteiger partial charge in [-0.05, 0) is 0 Å². The molecule has 0 spiro atoms. The van der Waals surface area contributed by atoms with Gasteiger partial charge in [-0.1, -0.05) is 0 Å². The fourth-order valence-corrected chi connectivity index (χ4v) is 1.24. The van der Waals surface area contributed by atoms with E-state index in [0.717, 1.165) is 0 Å². The van der Waals surface area contributed by atoms with Gasteiger partial charge in [0.25, 0.3) is 0 Å². The van der Waals surface area contributed by atoms with Crippen molar-refractivity contribution >= 4 is 55.5 Å². The van der Waals surface area contributed by atoms with Crippen molar-refractivity contribution in [2.24, 2.45) is 0 Å². The molecule has 5 nitrogen and oxygen atoms in total. The van der Waals surface area contributed by atoms with Crippen molar-refractivity contribution in [3.8, 4) is 0 Å². The molecule has 1 aliphatic heterocycles. The number of hydrogen-bond acceptors (Lipinski definition) is 6. The number of rotatable bonds is 1. The van der Waals surface area contributed by atoms with Gasteiger partial charge in [0.05, 0.1) is 17.6 Å². The standard InChI is InChI=1S/C4H5NO2S.Ca.2H2O/c6-4(7)3-1-8-2-5-3;;;/h1,3,5H,2H2;;2*1H2/q;+2;;/p-2. The van der Waals surface area contributed by atoms with Crippen molar-refractivity contribution in [1.82, 2.24) is 5.32 Å². The van der Waals surface area contributed by atoms with E-state index >= 15 is 0 Å². The molecule has 1 heterocycles. The number of hydrogen-bond donors (Lipinski definition) is 1. The molecule has 0 bridgehead atoms. The summed E-state index contributed by atoms with van der Waals surface area (Å²) in [5.41, 5.74) is 0. The Hall–Kier alpha value is 0.830. The summed E-state index contributed by atoms with van der Waals surface area (Å²) in [7, 11) is 0. The molecule has 60 valence electrons. The van der Waals surface area contributed by atoms with Gasteiger partial charge in [0.15, 0.2) is 5.75 Å². The summed E-state index contributed by atoms with van der Waals surface area (Å²) in [6.45, 7) is 0. The van der Waals surface area contributed by atoms with Crippen LogP contribution in [0, 0.1) is 5.75 Å². The maximum absolute atomic E-state index is 9.98. The van der Waals surface area contributed by atoms with E-state index in [2.05, 4.69) is 5.32 Å². The summed E-state index contributed by atoms with van der Waals surface area (Å²) < 4.78 is 0. The normalized spacial score (nSPS) is 19.8. The van der Waals surface area contributed by atoms with Crippen LogP contribution in [0.3, 0.4) is 0 Å². The van der Waals surface area contributed by atoms with E-state index in [1.54, 1.807) is 5.75 Å². The van der Waals surface area contributed by atoms with Crippen LogP contribution in [0.2, 0.25) is 0 Å². The minimum absolute atomic E-state index is 0. The van der Waals surface area contributed by atoms with Gasteiger partial charge in [0.1, 0.15) is 5.97 Å². The van der Waals surface area contributed by atoms with E-state index in [1.807, 2.05) is 0 Å². The van der Waals surface area contributed by atoms with Gasteiger partial charge < -0.3 is 20.9 Å². The first-order valence-electron chi connectivity index (χ1n) is 2.20. The zero-order valence-electron chi connectivity index (χ0n) is 5.69. The molecule has 1 atom stereocenters. The van der Waals surface area contributed by atoms with Gasteiger partial charge in [0.2, 0.25) is 6.04 Å². The molecule has 1 rings (SSSR count). The molecule has 1 unspecified atom stereocenters. The predicted molar refractivity (Wildman–Crippen MR) is 38.3 cm³/mol. The van der Waals surface area contributed by atoms with Crippen molar-refractivity contribution in [2.75, 3.05) is 5.88 Å². The number of nitrogens with one attached hydrogen (secondary N) is 1. The quantitative estimate of drug-likeness (QED) is 0.385. The Morgan fingerprint density at radius 3 is 2.36 bits per heavy atom. The van der Waals surface area contributed by atoms with Gasteiger partial charge in [-0.15, -0.1) is 0 Å². The monoisotopic (exact) mass is 205 g/mol. The maximum atomic E-state index is 9.98. The Balaban J connectivity index is -0.000000213. The zero-order valence-corrected chi connectivity index (χ0v) is 8.71. The minimum atomic E-state index is -1.05. The average Bonchev–Trinajstić information content (AvgIpc) is 2.12. The molecule has 0 aromatic heterocycles. The molecule has 11 heavy (non-hydrogen) atoms. The molecule has 0 saturated carbocycles.